The first-order valence-corrected chi connectivity index (χ1v) is 12.8. The molecule has 40 heavy (non-hydrogen) atoms. The maximum Gasteiger partial charge on any atom is 0.343 e. The fourth-order valence-electron chi connectivity index (χ4n) is 3.56. The molecule has 4 rings (SSSR count). The normalized spacial score (nSPS) is 11.4. The highest BCUT2D eigenvalue weighted by atomic mass is 16.6. The molecule has 0 saturated carbocycles. The van der Waals surface area contributed by atoms with E-state index >= 15 is 0 Å². The number of nitrogens with zero attached hydrogens (tertiary/aromatic N) is 1. The Morgan fingerprint density at radius 2 is 1.50 bits per heavy atom. The molecule has 0 aliphatic rings. The molecule has 0 aromatic heterocycles. The standard InChI is InChI=1S/C32H30N2O6/c1-3-37-30-20-25(14-19-29(30)40-32(36)26-12-8-5-9-13-26)21-33-34-31(35)23(2)39-28-17-15-27(16-18-28)38-22-24-10-6-4-7-11-24/h4-21,23H,3,22H2,1-2H3,(H,34,35). The van der Waals surface area contributed by atoms with E-state index in [4.69, 9.17) is 18.9 Å². The maximum absolute atomic E-state index is 12.5. The molecule has 0 bridgehead atoms. The first-order valence-electron chi connectivity index (χ1n) is 12.8. The summed E-state index contributed by atoms with van der Waals surface area (Å²) in [7, 11) is 0. The van der Waals surface area contributed by atoms with E-state index in [0.717, 1.165) is 5.56 Å². The van der Waals surface area contributed by atoms with Crippen molar-refractivity contribution in [3.63, 3.8) is 0 Å². The number of benzene rings is 4. The van der Waals surface area contributed by atoms with E-state index in [9.17, 15) is 9.59 Å². The maximum atomic E-state index is 12.5. The van der Waals surface area contributed by atoms with Crippen LogP contribution in [0.4, 0.5) is 0 Å². The van der Waals surface area contributed by atoms with Crippen LogP contribution in [-0.2, 0) is 11.4 Å². The van der Waals surface area contributed by atoms with Crippen LogP contribution in [0.2, 0.25) is 0 Å². The molecule has 1 unspecified atom stereocenters. The average molecular weight is 539 g/mol. The molecule has 8 nitrogen and oxygen atoms in total. The van der Waals surface area contributed by atoms with E-state index in [1.165, 1.54) is 6.21 Å². The summed E-state index contributed by atoms with van der Waals surface area (Å²) in [6.07, 6.45) is 0.682. The first kappa shape index (κ1) is 27.9. The van der Waals surface area contributed by atoms with Crippen molar-refractivity contribution in [2.24, 2.45) is 5.10 Å². The van der Waals surface area contributed by atoms with Crippen LogP contribution in [-0.4, -0.2) is 30.8 Å². The number of hydrogen-bond donors (Lipinski definition) is 1. The number of carbonyl (C=O) groups is 2. The highest BCUT2D eigenvalue weighted by Gasteiger charge is 2.15. The second-order valence-electron chi connectivity index (χ2n) is 8.63. The van der Waals surface area contributed by atoms with Crippen molar-refractivity contribution in [3.05, 3.63) is 120 Å². The SMILES string of the molecule is CCOc1cc(C=NNC(=O)C(C)Oc2ccc(OCc3ccccc3)cc2)ccc1OC(=O)c1ccccc1. The van der Waals surface area contributed by atoms with E-state index in [-0.39, 0.29) is 5.75 Å². The third-order valence-electron chi connectivity index (χ3n) is 5.62. The second kappa shape index (κ2) is 14.2. The minimum atomic E-state index is -0.785. The van der Waals surface area contributed by atoms with Gasteiger partial charge in [-0.15, -0.1) is 0 Å². The average Bonchev–Trinajstić information content (AvgIpc) is 2.99. The summed E-state index contributed by atoms with van der Waals surface area (Å²) in [5.41, 5.74) is 4.62. The highest BCUT2D eigenvalue weighted by Crippen LogP contribution is 2.29. The molecule has 0 radical (unpaired) electrons. The van der Waals surface area contributed by atoms with Crippen LogP contribution in [0.15, 0.2) is 108 Å². The van der Waals surface area contributed by atoms with Crippen molar-refractivity contribution in [1.29, 1.82) is 0 Å². The first-order chi connectivity index (χ1) is 19.5. The Kier molecular flexibility index (Phi) is 9.88. The summed E-state index contributed by atoms with van der Waals surface area (Å²) in [5.74, 6) is 0.994. The molecule has 1 atom stereocenters. The van der Waals surface area contributed by atoms with Crippen LogP contribution in [0.5, 0.6) is 23.0 Å². The van der Waals surface area contributed by atoms with Gasteiger partial charge in [-0.25, -0.2) is 10.2 Å². The van der Waals surface area contributed by atoms with Crippen molar-refractivity contribution in [2.45, 2.75) is 26.6 Å². The molecule has 4 aromatic rings. The number of carbonyl (C=O) groups excluding carboxylic acids is 2. The summed E-state index contributed by atoms with van der Waals surface area (Å²) in [4.78, 5) is 24.9. The Morgan fingerprint density at radius 3 is 2.20 bits per heavy atom. The van der Waals surface area contributed by atoms with Gasteiger partial charge < -0.3 is 18.9 Å². The monoisotopic (exact) mass is 538 g/mol. The third-order valence-corrected chi connectivity index (χ3v) is 5.62. The van der Waals surface area contributed by atoms with Crippen LogP contribution in [0.1, 0.15) is 35.3 Å². The minimum absolute atomic E-state index is 0.287. The topological polar surface area (TPSA) is 95.5 Å². The quantitative estimate of drug-likeness (QED) is 0.106. The number of esters is 1. The fourth-order valence-corrected chi connectivity index (χ4v) is 3.56. The van der Waals surface area contributed by atoms with E-state index in [1.807, 2.05) is 43.3 Å². The largest absolute Gasteiger partial charge is 0.490 e. The van der Waals surface area contributed by atoms with Crippen LogP contribution in [0.25, 0.3) is 0 Å². The fraction of sp³-hybridized carbons (Fsp3) is 0.156. The Bertz CT molecular complexity index is 1420. The Hall–Kier alpha value is -5.11. The van der Waals surface area contributed by atoms with Gasteiger partial charge in [0.1, 0.15) is 18.1 Å². The lowest BCUT2D eigenvalue weighted by Gasteiger charge is -2.14. The van der Waals surface area contributed by atoms with Gasteiger partial charge >= 0.3 is 5.97 Å². The summed E-state index contributed by atoms with van der Waals surface area (Å²) in [6.45, 7) is 4.30. The Labute approximate surface area is 233 Å². The Balaban J connectivity index is 1.28. The molecule has 0 fully saturated rings. The Morgan fingerprint density at radius 1 is 0.825 bits per heavy atom. The van der Waals surface area contributed by atoms with Gasteiger partial charge in [0.25, 0.3) is 5.91 Å². The zero-order valence-corrected chi connectivity index (χ0v) is 22.3. The van der Waals surface area contributed by atoms with Gasteiger partial charge in [-0.2, -0.15) is 5.10 Å². The number of rotatable bonds is 12. The molecule has 0 spiro atoms. The number of ether oxygens (including phenoxy) is 4. The summed E-state index contributed by atoms with van der Waals surface area (Å²) >= 11 is 0. The number of hydrogen-bond acceptors (Lipinski definition) is 7. The van der Waals surface area contributed by atoms with Gasteiger partial charge in [-0.1, -0.05) is 48.5 Å². The zero-order valence-electron chi connectivity index (χ0n) is 22.3. The van der Waals surface area contributed by atoms with Crippen molar-refractivity contribution < 1.29 is 28.5 Å². The number of nitrogens with one attached hydrogen (secondary N) is 1. The minimum Gasteiger partial charge on any atom is -0.490 e. The molecule has 1 N–H and O–H groups in total. The van der Waals surface area contributed by atoms with Crippen LogP contribution >= 0.6 is 0 Å². The van der Waals surface area contributed by atoms with Crippen molar-refractivity contribution in [2.75, 3.05) is 6.61 Å². The van der Waals surface area contributed by atoms with Gasteiger partial charge in [-0.05, 0) is 79.6 Å². The lowest BCUT2D eigenvalue weighted by molar-refractivity contribution is -0.127. The molecule has 0 saturated heterocycles. The highest BCUT2D eigenvalue weighted by molar-refractivity contribution is 5.91. The van der Waals surface area contributed by atoms with Crippen LogP contribution < -0.4 is 24.4 Å². The molecule has 0 aliphatic heterocycles. The lowest BCUT2D eigenvalue weighted by Crippen LogP contribution is -2.33. The smallest absolute Gasteiger partial charge is 0.343 e. The third kappa shape index (κ3) is 8.19. The van der Waals surface area contributed by atoms with Gasteiger partial charge in [-0.3, -0.25) is 4.79 Å². The molecule has 204 valence electrons. The zero-order chi connectivity index (χ0) is 28.2. The lowest BCUT2D eigenvalue weighted by atomic mass is 10.2. The number of amides is 1. The molecule has 0 heterocycles. The van der Waals surface area contributed by atoms with Crippen LogP contribution in [0, 0.1) is 0 Å². The van der Waals surface area contributed by atoms with Gasteiger partial charge in [0.05, 0.1) is 18.4 Å². The van der Waals surface area contributed by atoms with Gasteiger partial charge in [0.2, 0.25) is 0 Å². The molecular weight excluding hydrogens is 508 g/mol. The second-order valence-corrected chi connectivity index (χ2v) is 8.63. The van der Waals surface area contributed by atoms with E-state index in [0.29, 0.717) is 41.6 Å². The van der Waals surface area contributed by atoms with Gasteiger partial charge in [0.15, 0.2) is 17.6 Å². The van der Waals surface area contributed by atoms with E-state index in [1.54, 1.807) is 73.7 Å². The van der Waals surface area contributed by atoms with Crippen LogP contribution in [0.3, 0.4) is 0 Å². The van der Waals surface area contributed by atoms with Crippen molar-refractivity contribution in [1.82, 2.24) is 5.43 Å². The molecule has 8 heteroatoms. The summed E-state index contributed by atoms with van der Waals surface area (Å²) in [6, 6.07) is 30.6. The molecule has 1 amide bonds. The molecule has 4 aromatic carbocycles. The molecular formula is C32H30N2O6. The van der Waals surface area contributed by atoms with Crippen molar-refractivity contribution >= 4 is 18.1 Å². The predicted octanol–water partition coefficient (Wildman–Crippen LogP) is 5.80. The molecule has 0 aliphatic carbocycles. The van der Waals surface area contributed by atoms with E-state index < -0.39 is 18.0 Å². The van der Waals surface area contributed by atoms with Crippen molar-refractivity contribution in [3.8, 4) is 23.0 Å². The van der Waals surface area contributed by atoms with Gasteiger partial charge in [0, 0.05) is 0 Å². The number of hydrazone groups is 1. The van der Waals surface area contributed by atoms with E-state index in [2.05, 4.69) is 10.5 Å². The predicted molar refractivity (Wildman–Crippen MR) is 152 cm³/mol. The summed E-state index contributed by atoms with van der Waals surface area (Å²) in [5, 5.41) is 4.02. The summed E-state index contributed by atoms with van der Waals surface area (Å²) < 4.78 is 22.7.